The normalized spacial score (nSPS) is 13.8. The smallest absolute Gasteiger partial charge is 0.172 e. The molecule has 0 saturated heterocycles. The van der Waals surface area contributed by atoms with Gasteiger partial charge < -0.3 is 0 Å². The fourth-order valence-electron chi connectivity index (χ4n) is 7.43. The van der Waals surface area contributed by atoms with Crippen LogP contribution in [0.1, 0.15) is 23.1 Å². The molecule has 0 unspecified atom stereocenters. The lowest BCUT2D eigenvalue weighted by molar-refractivity contribution is 1.00. The summed E-state index contributed by atoms with van der Waals surface area (Å²) in [5, 5.41) is 31.1. The van der Waals surface area contributed by atoms with Crippen molar-refractivity contribution < 1.29 is 0 Å². The Kier molecular flexibility index (Phi) is 5.72. The van der Waals surface area contributed by atoms with E-state index in [1.807, 2.05) is 12.3 Å². The summed E-state index contributed by atoms with van der Waals surface area (Å²) in [5.41, 5.74) is 7.26. The molecule has 8 aromatic rings. The van der Waals surface area contributed by atoms with Gasteiger partial charge in [0.2, 0.25) is 12.4 Å². The number of rotatable bonds is 2. The molecule has 0 atom stereocenters. The first-order chi connectivity index (χ1) is 22.7. The van der Waals surface area contributed by atoms with Crippen molar-refractivity contribution >= 4 is 65.5 Å². The van der Waals surface area contributed by atoms with Crippen molar-refractivity contribution in [3.63, 3.8) is 0 Å². The van der Waals surface area contributed by atoms with Crippen LogP contribution in [0.15, 0.2) is 125 Å². The Hall–Kier alpha value is -6.36. The van der Waals surface area contributed by atoms with Crippen LogP contribution in [-0.4, -0.2) is 0 Å². The second kappa shape index (κ2) is 10.1. The summed E-state index contributed by atoms with van der Waals surface area (Å²) in [4.78, 5) is 8.69. The van der Waals surface area contributed by atoms with Crippen LogP contribution >= 0.6 is 0 Å². The van der Waals surface area contributed by atoms with Crippen LogP contribution in [0.3, 0.4) is 0 Å². The van der Waals surface area contributed by atoms with Crippen LogP contribution in [0.2, 0.25) is 0 Å². The molecule has 0 N–H and O–H groups in total. The van der Waals surface area contributed by atoms with Gasteiger partial charge in [0.25, 0.3) is 0 Å². The Labute approximate surface area is 264 Å². The lowest BCUT2D eigenvalue weighted by Gasteiger charge is -2.16. The second-order valence-electron chi connectivity index (χ2n) is 12.0. The maximum atomic E-state index is 9.77. The van der Waals surface area contributed by atoms with Crippen LogP contribution in [0.5, 0.6) is 0 Å². The van der Waals surface area contributed by atoms with Crippen molar-refractivity contribution in [2.75, 3.05) is 0 Å². The lowest BCUT2D eigenvalue weighted by Crippen LogP contribution is -2.02. The van der Waals surface area contributed by atoms with Gasteiger partial charge in [0.05, 0.1) is 10.7 Å². The number of allylic oxidation sites excluding steroid dienone is 1. The van der Waals surface area contributed by atoms with E-state index in [1.165, 1.54) is 27.5 Å². The molecule has 9 rings (SSSR count). The summed E-state index contributed by atoms with van der Waals surface area (Å²) in [5.74, 6) is 0. The maximum Gasteiger partial charge on any atom is 0.206 e. The first-order valence-corrected chi connectivity index (χ1v) is 15.4. The number of fused-ring (bicyclic) bond motifs is 8. The Morgan fingerprint density at radius 1 is 0.457 bits per heavy atom. The predicted molar refractivity (Wildman–Crippen MR) is 187 cm³/mol. The second-order valence-corrected chi connectivity index (χ2v) is 12.0. The summed E-state index contributed by atoms with van der Waals surface area (Å²) < 4.78 is 0. The van der Waals surface area contributed by atoms with Crippen molar-refractivity contribution in [3.8, 4) is 23.5 Å². The van der Waals surface area contributed by atoms with Crippen molar-refractivity contribution in [1.82, 2.24) is 0 Å². The Balaban J connectivity index is 1.27. The van der Waals surface area contributed by atoms with Gasteiger partial charge in [0, 0.05) is 21.5 Å². The zero-order chi connectivity index (χ0) is 30.8. The van der Waals surface area contributed by atoms with Gasteiger partial charge in [0.1, 0.15) is 0 Å². The molecule has 46 heavy (non-hydrogen) atoms. The summed E-state index contributed by atoms with van der Waals surface area (Å²) in [6, 6.07) is 40.6. The molecule has 4 heteroatoms. The minimum absolute atomic E-state index is 0.650. The first kappa shape index (κ1) is 26.1. The average molecular weight is 585 g/mol. The molecule has 0 fully saturated rings. The molecule has 212 valence electrons. The average Bonchev–Trinajstić information content (AvgIpc) is 3.57. The number of nitriles is 2. The fraction of sp³-hybridized carbons (Fsp3) is 0.0476. The summed E-state index contributed by atoms with van der Waals surface area (Å²) in [6.07, 6.45) is 8.36. The highest BCUT2D eigenvalue weighted by Gasteiger charge is 2.18. The maximum absolute atomic E-state index is 9.77. The minimum atomic E-state index is 0.650. The molecular weight excluding hydrogens is 560 g/mol. The van der Waals surface area contributed by atoms with Crippen LogP contribution in [0, 0.1) is 22.9 Å². The molecule has 0 saturated carbocycles. The van der Waals surface area contributed by atoms with Crippen molar-refractivity contribution in [1.29, 1.82) is 10.5 Å². The highest BCUT2D eigenvalue weighted by atomic mass is 14.7. The SMILES string of the molecule is N#CN=c1c2cc(C3=Cc4ccccc4CC3)ccc2c2cc3c(cc12)c(=NC#N)c1cc(-c2ccc4ccccc4c2)ccc13. The van der Waals surface area contributed by atoms with Gasteiger partial charge in [-0.05, 0) is 109 Å². The molecular formula is C42H24N4. The highest BCUT2D eigenvalue weighted by Crippen LogP contribution is 2.37. The topological polar surface area (TPSA) is 72.3 Å². The van der Waals surface area contributed by atoms with E-state index in [4.69, 9.17) is 0 Å². The van der Waals surface area contributed by atoms with Gasteiger partial charge in [0.15, 0.2) is 0 Å². The molecule has 1 aliphatic rings. The third kappa shape index (κ3) is 3.91. The van der Waals surface area contributed by atoms with Crippen LogP contribution in [0.25, 0.3) is 76.6 Å². The van der Waals surface area contributed by atoms with Gasteiger partial charge in [-0.15, -0.1) is 0 Å². The third-order valence-corrected chi connectivity index (χ3v) is 9.62. The third-order valence-electron chi connectivity index (χ3n) is 9.62. The first-order valence-electron chi connectivity index (χ1n) is 15.4. The molecule has 0 aliphatic heterocycles. The van der Waals surface area contributed by atoms with E-state index in [-0.39, 0.29) is 0 Å². The molecule has 4 nitrogen and oxygen atoms in total. The standard InChI is InChI=1S/C42H24N4/c43-23-45-41-37-19-31(29-11-9-25-5-1-3-7-27(25)17-29)13-15-33(37)35-21-36-34-16-14-32(30-12-10-26-6-2-4-8-28(26)18-30)20-38(34)42(46-24-44)40(36)22-39(35)41/h1-9,11,13-22H,10,12H2. The van der Waals surface area contributed by atoms with Crippen LogP contribution in [-0.2, 0) is 6.42 Å². The van der Waals surface area contributed by atoms with Crippen molar-refractivity contribution in [3.05, 3.63) is 143 Å². The summed E-state index contributed by atoms with van der Waals surface area (Å²) in [7, 11) is 0. The Morgan fingerprint density at radius 3 is 1.76 bits per heavy atom. The van der Waals surface area contributed by atoms with Crippen LogP contribution in [0.4, 0.5) is 0 Å². The summed E-state index contributed by atoms with van der Waals surface area (Å²) in [6.45, 7) is 0. The summed E-state index contributed by atoms with van der Waals surface area (Å²) >= 11 is 0. The van der Waals surface area contributed by atoms with E-state index in [2.05, 4.69) is 131 Å². The molecule has 8 aromatic carbocycles. The van der Waals surface area contributed by atoms with E-state index < -0.39 is 0 Å². The van der Waals surface area contributed by atoms with Gasteiger partial charge in [-0.2, -0.15) is 20.5 Å². The number of hydrogen-bond donors (Lipinski definition) is 0. The zero-order valence-corrected chi connectivity index (χ0v) is 24.8. The highest BCUT2D eigenvalue weighted by molar-refractivity contribution is 6.22. The van der Waals surface area contributed by atoms with E-state index in [1.54, 1.807) is 0 Å². The van der Waals surface area contributed by atoms with Crippen molar-refractivity contribution in [2.24, 2.45) is 9.98 Å². The minimum Gasteiger partial charge on any atom is -0.172 e. The number of aryl methyl sites for hydroxylation is 1. The number of nitrogens with zero attached hydrogens (tertiary/aromatic N) is 4. The molecule has 1 aliphatic carbocycles. The lowest BCUT2D eigenvalue weighted by atomic mass is 9.88. The van der Waals surface area contributed by atoms with E-state index in [0.29, 0.717) is 10.7 Å². The zero-order valence-electron chi connectivity index (χ0n) is 24.8. The van der Waals surface area contributed by atoms with Gasteiger partial charge in [-0.25, -0.2) is 0 Å². The van der Waals surface area contributed by atoms with Gasteiger partial charge >= 0.3 is 0 Å². The molecule has 0 spiro atoms. The van der Waals surface area contributed by atoms with Crippen LogP contribution < -0.4 is 10.7 Å². The van der Waals surface area contributed by atoms with Crippen molar-refractivity contribution in [2.45, 2.75) is 12.8 Å². The molecule has 0 bridgehead atoms. The largest absolute Gasteiger partial charge is 0.206 e. The molecule has 0 radical (unpaired) electrons. The predicted octanol–water partition coefficient (Wildman–Crippen LogP) is 9.25. The van der Waals surface area contributed by atoms with E-state index in [9.17, 15) is 10.5 Å². The molecule has 0 amide bonds. The van der Waals surface area contributed by atoms with E-state index in [0.717, 1.165) is 72.6 Å². The quantitative estimate of drug-likeness (QED) is 0.190. The van der Waals surface area contributed by atoms with Gasteiger partial charge in [-0.1, -0.05) is 91.0 Å². The fourth-order valence-corrected chi connectivity index (χ4v) is 7.43. The Morgan fingerprint density at radius 2 is 1.02 bits per heavy atom. The van der Waals surface area contributed by atoms with Gasteiger partial charge in [-0.3, -0.25) is 0 Å². The van der Waals surface area contributed by atoms with E-state index >= 15 is 0 Å². The monoisotopic (exact) mass is 584 g/mol. The number of hydrogen-bond acceptors (Lipinski definition) is 4. The molecule has 0 aromatic heterocycles. The Bertz CT molecular complexity index is 2830. The number of benzene rings is 6. The molecule has 0 heterocycles.